The quantitative estimate of drug-likeness (QED) is 0.530. The molecule has 0 atom stereocenters. The molecule has 0 aliphatic rings. The van der Waals surface area contributed by atoms with Crippen LogP contribution in [0.1, 0.15) is 4.88 Å². The van der Waals surface area contributed by atoms with Crippen molar-refractivity contribution in [1.29, 1.82) is 0 Å². The van der Waals surface area contributed by atoms with E-state index in [4.69, 9.17) is 5.11 Å². The molecular weight excluding hydrogens is 164 g/mol. The fourth-order valence-electron chi connectivity index (χ4n) is 0.620. The fourth-order valence-corrected chi connectivity index (χ4v) is 1.33. The van der Waals surface area contributed by atoms with Crippen LogP contribution in [-0.4, -0.2) is 17.0 Å². The third-order valence-electron chi connectivity index (χ3n) is 1.08. The summed E-state index contributed by atoms with van der Waals surface area (Å²) in [6, 6.07) is 3.25. The molecule has 0 aliphatic carbocycles. The van der Waals surface area contributed by atoms with Crippen molar-refractivity contribution in [2.75, 3.05) is 0 Å². The van der Waals surface area contributed by atoms with Crippen LogP contribution in [0.2, 0.25) is 0 Å². The normalized spacial score (nSPS) is 8.73. The molecule has 0 bridgehead atoms. The summed E-state index contributed by atoms with van der Waals surface area (Å²) in [6.45, 7) is 0. The number of carboxylic acids is 1. The van der Waals surface area contributed by atoms with Gasteiger partial charge in [0.2, 0.25) is 0 Å². The summed E-state index contributed by atoms with van der Waals surface area (Å²) in [7, 11) is 0. The molecular formula is C7H4O3S. The van der Waals surface area contributed by atoms with Gasteiger partial charge in [0.25, 0.3) is 0 Å². The number of hydrogen-bond donors (Lipinski definition) is 1. The highest BCUT2D eigenvalue weighted by molar-refractivity contribution is 7.11. The summed E-state index contributed by atoms with van der Waals surface area (Å²) < 4.78 is 0. The van der Waals surface area contributed by atoms with Gasteiger partial charge in [0.05, 0.1) is 4.88 Å². The first-order chi connectivity index (χ1) is 5.25. The zero-order chi connectivity index (χ0) is 8.27. The molecule has 1 aromatic heterocycles. The molecule has 0 spiro atoms. The number of aliphatic carboxylic acids is 1. The minimum Gasteiger partial charge on any atom is -0.477 e. The molecule has 0 saturated heterocycles. The minimum absolute atomic E-state index is 0.306. The van der Waals surface area contributed by atoms with E-state index in [1.807, 2.05) is 0 Å². The molecule has 3 nitrogen and oxygen atoms in total. The van der Waals surface area contributed by atoms with E-state index in [2.05, 4.69) is 0 Å². The van der Waals surface area contributed by atoms with E-state index in [1.165, 1.54) is 17.3 Å². The number of rotatable bonds is 2. The van der Waals surface area contributed by atoms with Gasteiger partial charge in [-0.25, -0.2) is 9.59 Å². The van der Waals surface area contributed by atoms with E-state index in [-0.39, 0.29) is 5.57 Å². The molecule has 0 amide bonds. The van der Waals surface area contributed by atoms with E-state index in [0.29, 0.717) is 4.88 Å². The van der Waals surface area contributed by atoms with Gasteiger partial charge in [0, 0.05) is 0 Å². The standard InChI is InChI=1S/C7H4O3S/c8-4-5(7(9)10)6-2-1-3-11-6/h1-3H,(H,9,10). The molecule has 0 aromatic carbocycles. The zero-order valence-corrected chi connectivity index (χ0v) is 6.22. The van der Waals surface area contributed by atoms with Crippen LogP contribution in [0, 0.1) is 0 Å². The van der Waals surface area contributed by atoms with Crippen molar-refractivity contribution in [3.05, 3.63) is 22.4 Å². The highest BCUT2D eigenvalue weighted by atomic mass is 32.1. The van der Waals surface area contributed by atoms with E-state index < -0.39 is 5.97 Å². The van der Waals surface area contributed by atoms with E-state index in [9.17, 15) is 9.59 Å². The van der Waals surface area contributed by atoms with Crippen molar-refractivity contribution in [3.63, 3.8) is 0 Å². The summed E-state index contributed by atoms with van der Waals surface area (Å²) in [4.78, 5) is 20.9. The van der Waals surface area contributed by atoms with Gasteiger partial charge in [-0.2, -0.15) is 0 Å². The molecule has 0 saturated carbocycles. The first-order valence-electron chi connectivity index (χ1n) is 2.78. The van der Waals surface area contributed by atoms with Gasteiger partial charge in [-0.1, -0.05) is 6.07 Å². The molecule has 1 N–H and O–H groups in total. The van der Waals surface area contributed by atoms with Crippen LogP contribution in [0.25, 0.3) is 5.57 Å². The van der Waals surface area contributed by atoms with E-state index >= 15 is 0 Å². The summed E-state index contributed by atoms with van der Waals surface area (Å²) in [5.41, 5.74) is -0.306. The highest BCUT2D eigenvalue weighted by Crippen LogP contribution is 2.17. The first kappa shape index (κ1) is 7.72. The first-order valence-corrected chi connectivity index (χ1v) is 3.66. The fraction of sp³-hybridized carbons (Fsp3) is 0. The number of carbonyl (C=O) groups excluding carboxylic acids is 1. The monoisotopic (exact) mass is 168 g/mol. The van der Waals surface area contributed by atoms with Crippen molar-refractivity contribution < 1.29 is 14.7 Å². The number of thiophene rings is 1. The van der Waals surface area contributed by atoms with Gasteiger partial charge in [-0.3, -0.25) is 0 Å². The average molecular weight is 168 g/mol. The van der Waals surface area contributed by atoms with Crippen LogP contribution in [0.4, 0.5) is 0 Å². The Kier molecular flexibility index (Phi) is 2.21. The summed E-state index contributed by atoms with van der Waals surface area (Å²) in [5, 5.41) is 10.2. The predicted octanol–water partition coefficient (Wildman–Crippen LogP) is 1.05. The van der Waals surface area contributed by atoms with Crippen molar-refractivity contribution in [2.24, 2.45) is 0 Å². The van der Waals surface area contributed by atoms with Gasteiger partial charge in [-0.05, 0) is 11.4 Å². The summed E-state index contributed by atoms with van der Waals surface area (Å²) in [6.07, 6.45) is 0. The second-order valence-electron chi connectivity index (χ2n) is 1.76. The Morgan fingerprint density at radius 2 is 2.36 bits per heavy atom. The largest absolute Gasteiger partial charge is 0.477 e. The molecule has 4 heteroatoms. The molecule has 0 radical (unpaired) electrons. The summed E-state index contributed by atoms with van der Waals surface area (Å²) in [5.74, 6) is 0.148. The number of carbonyl (C=O) groups is 1. The van der Waals surface area contributed by atoms with Gasteiger partial charge in [0.15, 0.2) is 5.57 Å². The van der Waals surface area contributed by atoms with Gasteiger partial charge in [-0.15, -0.1) is 11.3 Å². The van der Waals surface area contributed by atoms with Crippen molar-refractivity contribution >= 4 is 28.8 Å². The Morgan fingerprint density at radius 1 is 1.64 bits per heavy atom. The maximum atomic E-state index is 10.3. The third-order valence-corrected chi connectivity index (χ3v) is 1.97. The average Bonchev–Trinajstić information content (AvgIpc) is 2.40. The lowest BCUT2D eigenvalue weighted by Gasteiger charge is -1.88. The molecule has 0 fully saturated rings. The predicted molar refractivity (Wildman–Crippen MR) is 41.1 cm³/mol. The Hall–Kier alpha value is -1.38. The summed E-state index contributed by atoms with van der Waals surface area (Å²) >= 11 is 1.20. The smallest absolute Gasteiger partial charge is 0.348 e. The van der Waals surface area contributed by atoms with Crippen LogP contribution >= 0.6 is 11.3 Å². The lowest BCUT2D eigenvalue weighted by Crippen LogP contribution is -1.97. The lowest BCUT2D eigenvalue weighted by molar-refractivity contribution is -0.130. The van der Waals surface area contributed by atoms with E-state index in [1.54, 1.807) is 17.5 Å². The van der Waals surface area contributed by atoms with Crippen LogP contribution < -0.4 is 0 Å². The van der Waals surface area contributed by atoms with Crippen LogP contribution in [0.15, 0.2) is 17.5 Å². The third kappa shape index (κ3) is 1.55. The molecule has 1 heterocycles. The Balaban J connectivity index is 3.09. The van der Waals surface area contributed by atoms with Crippen molar-refractivity contribution in [3.8, 4) is 0 Å². The molecule has 56 valence electrons. The molecule has 1 rings (SSSR count). The molecule has 0 unspecified atom stereocenters. The SMILES string of the molecule is O=C=C(C(=O)O)c1cccs1. The minimum atomic E-state index is -1.23. The van der Waals surface area contributed by atoms with Crippen LogP contribution in [0.3, 0.4) is 0 Å². The Morgan fingerprint density at radius 3 is 2.73 bits per heavy atom. The van der Waals surface area contributed by atoms with Crippen LogP contribution in [-0.2, 0) is 9.59 Å². The lowest BCUT2D eigenvalue weighted by atomic mass is 10.2. The molecule has 0 aliphatic heterocycles. The maximum absolute atomic E-state index is 10.3. The second-order valence-corrected chi connectivity index (χ2v) is 2.71. The van der Waals surface area contributed by atoms with Gasteiger partial charge >= 0.3 is 5.97 Å². The Labute approximate surface area is 66.6 Å². The highest BCUT2D eigenvalue weighted by Gasteiger charge is 2.11. The number of carboxylic acid groups (broad SMARTS) is 1. The van der Waals surface area contributed by atoms with E-state index in [0.717, 1.165) is 0 Å². The topological polar surface area (TPSA) is 54.4 Å². The number of hydrogen-bond acceptors (Lipinski definition) is 3. The second kappa shape index (κ2) is 3.14. The zero-order valence-electron chi connectivity index (χ0n) is 5.40. The molecule has 11 heavy (non-hydrogen) atoms. The van der Waals surface area contributed by atoms with Crippen molar-refractivity contribution in [1.82, 2.24) is 0 Å². The van der Waals surface area contributed by atoms with Gasteiger partial charge in [0.1, 0.15) is 5.94 Å². The van der Waals surface area contributed by atoms with Crippen LogP contribution in [0.5, 0.6) is 0 Å². The van der Waals surface area contributed by atoms with Crippen molar-refractivity contribution in [2.45, 2.75) is 0 Å². The van der Waals surface area contributed by atoms with Gasteiger partial charge < -0.3 is 5.11 Å². The Bertz CT molecular complexity index is 306. The maximum Gasteiger partial charge on any atom is 0.348 e. The molecule has 1 aromatic rings.